The van der Waals surface area contributed by atoms with Crippen LogP contribution < -0.4 is 0 Å². The van der Waals surface area contributed by atoms with Crippen molar-refractivity contribution in [1.29, 1.82) is 0 Å². The summed E-state index contributed by atoms with van der Waals surface area (Å²) in [6.07, 6.45) is 0.991. The van der Waals surface area contributed by atoms with E-state index in [0.717, 1.165) is 12.5 Å². The van der Waals surface area contributed by atoms with Crippen LogP contribution in [-0.2, 0) is 6.42 Å². The summed E-state index contributed by atoms with van der Waals surface area (Å²) in [7, 11) is -1.48. The highest BCUT2D eigenvalue weighted by atomic mass is 35.7. The van der Waals surface area contributed by atoms with E-state index in [1.54, 1.807) is 0 Å². The van der Waals surface area contributed by atoms with Crippen molar-refractivity contribution < 1.29 is 0 Å². The lowest BCUT2D eigenvalue weighted by molar-refractivity contribution is 1.15. The van der Waals surface area contributed by atoms with Gasteiger partial charge in [0.2, 0.25) is 7.42 Å². The largest absolute Gasteiger partial charge is 0.237 e. The van der Waals surface area contributed by atoms with Crippen LogP contribution in [0.15, 0.2) is 42.5 Å². The molecule has 0 bridgehead atoms. The normalized spacial score (nSPS) is 11.1. The molecule has 0 saturated heterocycles. The summed E-state index contributed by atoms with van der Waals surface area (Å²) >= 11 is 11.8. The summed E-state index contributed by atoms with van der Waals surface area (Å²) in [6.45, 7) is 0. The molecule has 0 nitrogen and oxygen atoms in total. The number of aryl methyl sites for hydroxylation is 1. The quantitative estimate of drug-likeness (QED) is 0.572. The van der Waals surface area contributed by atoms with Gasteiger partial charge in [0.05, 0.1) is 0 Å². The molecule has 15 heavy (non-hydrogen) atoms. The molecule has 2 aromatic carbocycles. The Labute approximate surface area is 101 Å². The topological polar surface area (TPSA) is 0 Å². The second kappa shape index (κ2) is 5.02. The van der Waals surface area contributed by atoms with Crippen LogP contribution in [0.4, 0.5) is 0 Å². The lowest BCUT2D eigenvalue weighted by Gasteiger charge is -2.05. The Hall–Kier alpha value is -0.503. The third-order valence-electron chi connectivity index (χ3n) is 2.51. The molecule has 0 heterocycles. The SMILES string of the molecule is Cl[SiH](Cl)CCc1cccc2ccccc12. The Morgan fingerprint density at radius 1 is 0.933 bits per heavy atom. The summed E-state index contributed by atoms with van der Waals surface area (Å²) in [5, 5.41) is 2.61. The molecule has 0 spiro atoms. The number of benzene rings is 2. The third-order valence-corrected chi connectivity index (χ3v) is 4.55. The number of hydrogen-bond donors (Lipinski definition) is 0. The van der Waals surface area contributed by atoms with Gasteiger partial charge >= 0.3 is 0 Å². The van der Waals surface area contributed by atoms with Gasteiger partial charge in [-0.15, -0.1) is 0 Å². The van der Waals surface area contributed by atoms with Crippen LogP contribution in [-0.4, -0.2) is 7.42 Å². The molecule has 0 aliphatic heterocycles. The van der Waals surface area contributed by atoms with E-state index in [9.17, 15) is 0 Å². The van der Waals surface area contributed by atoms with E-state index in [-0.39, 0.29) is 0 Å². The van der Waals surface area contributed by atoms with Gasteiger partial charge in [-0.3, -0.25) is 0 Å². The van der Waals surface area contributed by atoms with E-state index < -0.39 is 7.42 Å². The van der Waals surface area contributed by atoms with E-state index in [4.69, 9.17) is 22.2 Å². The maximum Gasteiger partial charge on any atom is 0.237 e. The zero-order valence-corrected chi connectivity index (χ0v) is 11.0. The minimum atomic E-state index is -1.48. The highest BCUT2D eigenvalue weighted by Gasteiger charge is 2.05. The van der Waals surface area contributed by atoms with Crippen molar-refractivity contribution in [3.63, 3.8) is 0 Å². The van der Waals surface area contributed by atoms with Crippen molar-refractivity contribution >= 4 is 40.3 Å². The van der Waals surface area contributed by atoms with Crippen molar-refractivity contribution in [1.82, 2.24) is 0 Å². The zero-order chi connectivity index (χ0) is 10.7. The maximum absolute atomic E-state index is 5.88. The van der Waals surface area contributed by atoms with Gasteiger partial charge in [0.1, 0.15) is 0 Å². The van der Waals surface area contributed by atoms with Crippen molar-refractivity contribution in [3.8, 4) is 0 Å². The average molecular weight is 255 g/mol. The van der Waals surface area contributed by atoms with E-state index in [1.165, 1.54) is 16.3 Å². The molecule has 0 radical (unpaired) electrons. The van der Waals surface area contributed by atoms with Crippen molar-refractivity contribution in [2.45, 2.75) is 12.5 Å². The van der Waals surface area contributed by atoms with Gasteiger partial charge < -0.3 is 0 Å². The summed E-state index contributed by atoms with van der Waals surface area (Å²) in [4.78, 5) is 0. The minimum absolute atomic E-state index is 0.942. The Balaban J connectivity index is 2.34. The lowest BCUT2D eigenvalue weighted by atomic mass is 10.0. The molecule has 3 heteroatoms. The van der Waals surface area contributed by atoms with E-state index in [2.05, 4.69) is 42.5 Å². The molecular weight excluding hydrogens is 243 g/mol. The van der Waals surface area contributed by atoms with Gasteiger partial charge in [-0.1, -0.05) is 42.5 Å². The molecule has 0 fully saturated rings. The number of hydrogen-bond acceptors (Lipinski definition) is 0. The standard InChI is InChI=1S/C12H12Cl2Si/c13-15(14)9-8-11-6-3-5-10-4-1-2-7-12(10)11/h1-7,15H,8-9H2. The number of rotatable bonds is 3. The Kier molecular flexibility index (Phi) is 3.68. The van der Waals surface area contributed by atoms with Gasteiger partial charge in [0, 0.05) is 0 Å². The van der Waals surface area contributed by atoms with Crippen molar-refractivity contribution in [2.75, 3.05) is 0 Å². The molecule has 0 aliphatic rings. The fourth-order valence-electron chi connectivity index (χ4n) is 1.78. The molecule has 0 saturated carbocycles. The molecule has 0 atom stereocenters. The van der Waals surface area contributed by atoms with E-state index in [1.807, 2.05) is 0 Å². The highest BCUT2D eigenvalue weighted by molar-refractivity contribution is 7.33. The van der Waals surface area contributed by atoms with Crippen LogP contribution in [0.2, 0.25) is 6.04 Å². The van der Waals surface area contributed by atoms with Crippen LogP contribution in [0.25, 0.3) is 10.8 Å². The summed E-state index contributed by atoms with van der Waals surface area (Å²) < 4.78 is 0. The van der Waals surface area contributed by atoms with Crippen LogP contribution in [0.3, 0.4) is 0 Å². The Bertz CT molecular complexity index is 449. The first-order valence-corrected chi connectivity index (χ1v) is 9.33. The minimum Gasteiger partial charge on any atom is -0.150 e. The fourth-order valence-corrected chi connectivity index (χ4v) is 2.96. The van der Waals surface area contributed by atoms with Gasteiger partial charge in [0.15, 0.2) is 0 Å². The molecule has 78 valence electrons. The Morgan fingerprint density at radius 3 is 2.47 bits per heavy atom. The smallest absolute Gasteiger partial charge is 0.150 e. The molecule has 2 rings (SSSR count). The van der Waals surface area contributed by atoms with Crippen molar-refractivity contribution in [3.05, 3.63) is 48.0 Å². The van der Waals surface area contributed by atoms with Gasteiger partial charge in [-0.2, -0.15) is 22.2 Å². The molecule has 2 aromatic rings. The van der Waals surface area contributed by atoms with Gasteiger partial charge in [0.25, 0.3) is 0 Å². The number of fused-ring (bicyclic) bond motifs is 1. The van der Waals surface area contributed by atoms with Gasteiger partial charge in [-0.05, 0) is 28.8 Å². The fraction of sp³-hybridized carbons (Fsp3) is 0.167. The van der Waals surface area contributed by atoms with Crippen LogP contribution in [0.1, 0.15) is 5.56 Å². The molecule has 0 N–H and O–H groups in total. The lowest BCUT2D eigenvalue weighted by Crippen LogP contribution is -1.95. The predicted octanol–water partition coefficient (Wildman–Crippen LogP) is 4.08. The van der Waals surface area contributed by atoms with Crippen LogP contribution in [0, 0.1) is 0 Å². The molecule has 0 aliphatic carbocycles. The molecule has 0 unspecified atom stereocenters. The summed E-state index contributed by atoms with van der Waals surface area (Å²) in [6, 6.07) is 15.8. The Morgan fingerprint density at radius 2 is 1.67 bits per heavy atom. The first-order valence-electron chi connectivity index (χ1n) is 5.02. The first kappa shape index (κ1) is 11.0. The van der Waals surface area contributed by atoms with Gasteiger partial charge in [-0.25, -0.2) is 0 Å². The van der Waals surface area contributed by atoms with Crippen LogP contribution in [0.5, 0.6) is 0 Å². The molecular formula is C12H12Cl2Si. The average Bonchev–Trinajstić information content (AvgIpc) is 2.26. The zero-order valence-electron chi connectivity index (χ0n) is 8.29. The van der Waals surface area contributed by atoms with Crippen LogP contribution >= 0.6 is 22.2 Å². The maximum atomic E-state index is 5.88. The highest BCUT2D eigenvalue weighted by Crippen LogP contribution is 2.21. The molecule has 0 aromatic heterocycles. The van der Waals surface area contributed by atoms with E-state index in [0.29, 0.717) is 0 Å². The number of halogens is 2. The third kappa shape index (κ3) is 2.74. The van der Waals surface area contributed by atoms with Crippen molar-refractivity contribution in [2.24, 2.45) is 0 Å². The second-order valence-corrected chi connectivity index (χ2v) is 8.76. The summed E-state index contributed by atoms with van der Waals surface area (Å²) in [5.41, 5.74) is 1.35. The second-order valence-electron chi connectivity index (χ2n) is 3.57. The monoisotopic (exact) mass is 254 g/mol. The summed E-state index contributed by atoms with van der Waals surface area (Å²) in [5.74, 6) is 0. The van der Waals surface area contributed by atoms with E-state index >= 15 is 0 Å². The first-order chi connectivity index (χ1) is 7.27. The predicted molar refractivity (Wildman–Crippen MR) is 71.3 cm³/mol. The molecule has 0 amide bonds.